The molecule has 1 N–H and O–H groups in total. The average molecular weight is 363 g/mol. The lowest BCUT2D eigenvalue weighted by atomic mass is 10.2. The van der Waals surface area contributed by atoms with Crippen LogP contribution in [0.4, 0.5) is 0 Å². The number of benzene rings is 1. The summed E-state index contributed by atoms with van der Waals surface area (Å²) in [4.78, 5) is 4.17. The van der Waals surface area contributed by atoms with Crippen molar-refractivity contribution in [3.63, 3.8) is 0 Å². The van der Waals surface area contributed by atoms with E-state index in [-0.39, 0.29) is 5.88 Å². The second kappa shape index (κ2) is 5.00. The molecule has 2 aromatic heterocycles. The van der Waals surface area contributed by atoms with Gasteiger partial charge in [0.15, 0.2) is 5.82 Å². The smallest absolute Gasteiger partial charge is 0.216 e. The highest BCUT2D eigenvalue weighted by molar-refractivity contribution is 14.1. The Morgan fingerprint density at radius 2 is 1.95 bits per heavy atom. The van der Waals surface area contributed by atoms with Crippen molar-refractivity contribution < 1.29 is 5.11 Å². The highest BCUT2D eigenvalue weighted by Gasteiger charge is 2.10. The van der Waals surface area contributed by atoms with Crippen LogP contribution in [-0.4, -0.2) is 19.9 Å². The van der Waals surface area contributed by atoms with Gasteiger partial charge in [0.05, 0.1) is 5.69 Å². The summed E-state index contributed by atoms with van der Waals surface area (Å²) in [5.41, 5.74) is 1.69. The summed E-state index contributed by atoms with van der Waals surface area (Å²) < 4.78 is 2.55. The van der Waals surface area contributed by atoms with Gasteiger partial charge in [0.25, 0.3) is 0 Å². The number of aromatic nitrogens is 3. The highest BCUT2D eigenvalue weighted by Crippen LogP contribution is 2.25. The molecule has 0 spiro atoms. The van der Waals surface area contributed by atoms with Crippen LogP contribution in [0.5, 0.6) is 5.88 Å². The Morgan fingerprint density at radius 3 is 2.68 bits per heavy atom. The molecule has 0 amide bonds. The van der Waals surface area contributed by atoms with Crippen LogP contribution in [0.25, 0.3) is 17.1 Å². The number of rotatable bonds is 2. The first-order valence-electron chi connectivity index (χ1n) is 5.70. The summed E-state index contributed by atoms with van der Waals surface area (Å²) in [6.07, 6.45) is 1.67. The summed E-state index contributed by atoms with van der Waals surface area (Å²) in [5.74, 6) is 0.671. The van der Waals surface area contributed by atoms with Crippen LogP contribution in [0.15, 0.2) is 54.7 Å². The first kappa shape index (κ1) is 12.2. The number of pyridine rings is 1. The fraction of sp³-hybridized carbons (Fsp3) is 0. The number of aromatic hydroxyl groups is 1. The summed E-state index contributed by atoms with van der Waals surface area (Å²) in [6.45, 7) is 0. The minimum Gasteiger partial charge on any atom is -0.493 e. The second-order valence-electron chi connectivity index (χ2n) is 4.00. The maximum atomic E-state index is 9.97. The third kappa shape index (κ3) is 2.46. The van der Waals surface area contributed by atoms with Crippen LogP contribution in [0.2, 0.25) is 0 Å². The highest BCUT2D eigenvalue weighted by atomic mass is 127. The van der Waals surface area contributed by atoms with E-state index < -0.39 is 0 Å². The standard InChI is InChI=1S/C14H10IN3O/c15-11-5-3-4-10(8-11)12-9-14(19)18(17-12)13-6-1-2-7-16-13/h1-9,19H. The molecule has 0 radical (unpaired) electrons. The molecule has 0 unspecified atom stereocenters. The Kier molecular flexibility index (Phi) is 3.20. The molecule has 1 aromatic carbocycles. The van der Waals surface area contributed by atoms with Gasteiger partial charge in [0.1, 0.15) is 0 Å². The van der Waals surface area contributed by atoms with Crippen molar-refractivity contribution >= 4 is 22.6 Å². The normalized spacial score (nSPS) is 10.6. The Labute approximate surface area is 123 Å². The molecule has 0 saturated carbocycles. The maximum Gasteiger partial charge on any atom is 0.216 e. The van der Waals surface area contributed by atoms with Gasteiger partial charge in [0.2, 0.25) is 5.88 Å². The molecule has 3 aromatic rings. The van der Waals surface area contributed by atoms with Gasteiger partial charge in [-0.2, -0.15) is 9.78 Å². The summed E-state index contributed by atoms with van der Waals surface area (Å²) >= 11 is 2.25. The van der Waals surface area contributed by atoms with E-state index in [1.807, 2.05) is 36.4 Å². The van der Waals surface area contributed by atoms with Crippen LogP contribution >= 0.6 is 22.6 Å². The fourth-order valence-corrected chi connectivity index (χ4v) is 2.35. The van der Waals surface area contributed by atoms with E-state index in [0.29, 0.717) is 5.82 Å². The third-order valence-corrected chi connectivity index (χ3v) is 3.35. The van der Waals surface area contributed by atoms with Crippen molar-refractivity contribution in [3.8, 4) is 23.0 Å². The zero-order chi connectivity index (χ0) is 13.2. The molecule has 3 rings (SSSR count). The van der Waals surface area contributed by atoms with Crippen LogP contribution in [0, 0.1) is 3.57 Å². The lowest BCUT2D eigenvalue weighted by Crippen LogP contribution is -1.98. The number of nitrogens with zero attached hydrogens (tertiary/aromatic N) is 3. The summed E-state index contributed by atoms with van der Waals surface area (Å²) in [5, 5.41) is 14.4. The van der Waals surface area contributed by atoms with Crippen molar-refractivity contribution in [1.82, 2.24) is 14.8 Å². The molecule has 0 aliphatic rings. The van der Waals surface area contributed by atoms with E-state index in [0.717, 1.165) is 14.8 Å². The van der Waals surface area contributed by atoms with Crippen molar-refractivity contribution in [3.05, 3.63) is 58.3 Å². The molecule has 0 saturated heterocycles. The second-order valence-corrected chi connectivity index (χ2v) is 5.24. The van der Waals surface area contributed by atoms with Gasteiger partial charge in [-0.1, -0.05) is 18.2 Å². The Bertz CT molecular complexity index is 710. The Hall–Kier alpha value is -1.89. The first-order chi connectivity index (χ1) is 9.24. The maximum absolute atomic E-state index is 9.97. The third-order valence-electron chi connectivity index (χ3n) is 2.68. The van der Waals surface area contributed by atoms with Crippen molar-refractivity contribution in [2.45, 2.75) is 0 Å². The van der Waals surface area contributed by atoms with Gasteiger partial charge < -0.3 is 5.11 Å². The average Bonchev–Trinajstić information content (AvgIpc) is 2.82. The molecule has 5 heteroatoms. The topological polar surface area (TPSA) is 50.9 Å². The molecule has 0 fully saturated rings. The molecule has 94 valence electrons. The van der Waals surface area contributed by atoms with Gasteiger partial charge in [-0.3, -0.25) is 0 Å². The van der Waals surface area contributed by atoms with Gasteiger partial charge in [-0.05, 0) is 46.9 Å². The molecule has 0 aliphatic heterocycles. The molecular weight excluding hydrogens is 353 g/mol. The fourth-order valence-electron chi connectivity index (χ4n) is 1.81. The van der Waals surface area contributed by atoms with E-state index in [9.17, 15) is 5.11 Å². The van der Waals surface area contributed by atoms with Crippen molar-refractivity contribution in [2.24, 2.45) is 0 Å². The van der Waals surface area contributed by atoms with Gasteiger partial charge >= 0.3 is 0 Å². The zero-order valence-electron chi connectivity index (χ0n) is 9.86. The predicted molar refractivity (Wildman–Crippen MR) is 81.2 cm³/mol. The minimum atomic E-state index is 0.0764. The Morgan fingerprint density at radius 1 is 1.05 bits per heavy atom. The van der Waals surface area contributed by atoms with Gasteiger partial charge in [0, 0.05) is 21.4 Å². The minimum absolute atomic E-state index is 0.0764. The lowest BCUT2D eigenvalue weighted by Gasteiger charge is -2.00. The molecule has 0 aliphatic carbocycles. The summed E-state index contributed by atoms with van der Waals surface area (Å²) in [7, 11) is 0. The van der Waals surface area contributed by atoms with Crippen molar-refractivity contribution in [2.75, 3.05) is 0 Å². The molecule has 4 nitrogen and oxygen atoms in total. The number of halogens is 1. The van der Waals surface area contributed by atoms with E-state index >= 15 is 0 Å². The molecule has 2 heterocycles. The van der Waals surface area contributed by atoms with E-state index in [4.69, 9.17) is 0 Å². The van der Waals surface area contributed by atoms with Crippen LogP contribution in [-0.2, 0) is 0 Å². The van der Waals surface area contributed by atoms with E-state index in [1.54, 1.807) is 18.3 Å². The summed E-state index contributed by atoms with van der Waals surface area (Å²) in [6, 6.07) is 15.1. The van der Waals surface area contributed by atoms with E-state index in [2.05, 4.69) is 32.7 Å². The van der Waals surface area contributed by atoms with Crippen LogP contribution in [0.3, 0.4) is 0 Å². The number of hydrogen-bond donors (Lipinski definition) is 1. The molecular formula is C14H10IN3O. The predicted octanol–water partition coefficient (Wildman–Crippen LogP) is 3.24. The quantitative estimate of drug-likeness (QED) is 0.712. The van der Waals surface area contributed by atoms with Crippen molar-refractivity contribution in [1.29, 1.82) is 0 Å². The SMILES string of the molecule is Oc1cc(-c2cccc(I)c2)nn1-c1ccccn1. The largest absolute Gasteiger partial charge is 0.493 e. The van der Waals surface area contributed by atoms with Gasteiger partial charge in [-0.25, -0.2) is 4.98 Å². The molecule has 19 heavy (non-hydrogen) atoms. The van der Waals surface area contributed by atoms with Crippen LogP contribution < -0.4 is 0 Å². The molecule has 0 bridgehead atoms. The van der Waals surface area contributed by atoms with Gasteiger partial charge in [-0.15, -0.1) is 0 Å². The Balaban J connectivity index is 2.07. The monoisotopic (exact) mass is 363 g/mol. The number of hydrogen-bond acceptors (Lipinski definition) is 3. The van der Waals surface area contributed by atoms with E-state index in [1.165, 1.54) is 4.68 Å². The molecule has 0 atom stereocenters. The first-order valence-corrected chi connectivity index (χ1v) is 6.78. The lowest BCUT2D eigenvalue weighted by molar-refractivity contribution is 0.432. The zero-order valence-corrected chi connectivity index (χ0v) is 12.0. The van der Waals surface area contributed by atoms with Crippen LogP contribution in [0.1, 0.15) is 0 Å².